The highest BCUT2D eigenvalue weighted by molar-refractivity contribution is 6.28. The minimum Gasteiger partial charge on any atom is -0.329 e. The fourth-order valence-corrected chi connectivity index (χ4v) is 1.05. The van der Waals surface area contributed by atoms with Crippen molar-refractivity contribution in [2.45, 2.75) is 13.8 Å². The van der Waals surface area contributed by atoms with Crippen LogP contribution in [0.3, 0.4) is 0 Å². The summed E-state index contributed by atoms with van der Waals surface area (Å²) in [6.45, 7) is 11.2. The molecule has 1 heterocycles. The van der Waals surface area contributed by atoms with Gasteiger partial charge in [0.15, 0.2) is 0 Å². The molecule has 0 aliphatic carbocycles. The monoisotopic (exact) mass is 210 g/mol. The van der Waals surface area contributed by atoms with Crippen LogP contribution in [0.4, 0.5) is 0 Å². The molecule has 14 heavy (non-hydrogen) atoms. The second kappa shape index (κ2) is 7.15. The van der Waals surface area contributed by atoms with Gasteiger partial charge in [-0.15, -0.1) is 0 Å². The standard InChI is InChI=1S/C9H9ClN2.C2H6/c1-3-5-7-8(6-4-2)12-9(10)11-7;1-2/h3-6H,1-2H2,(H,11,12);1-2H3/b7-5+,8-6+;. The summed E-state index contributed by atoms with van der Waals surface area (Å²) in [7, 11) is 0. The quantitative estimate of drug-likeness (QED) is 0.795. The molecule has 0 spiro atoms. The van der Waals surface area contributed by atoms with Gasteiger partial charge in [0.05, 0.1) is 10.7 Å². The third kappa shape index (κ3) is 3.62. The summed E-state index contributed by atoms with van der Waals surface area (Å²) in [4.78, 5) is 6.90. The van der Waals surface area contributed by atoms with Crippen LogP contribution < -0.4 is 10.7 Å². The van der Waals surface area contributed by atoms with E-state index >= 15 is 0 Å². The Hall–Kier alpha value is -1.28. The molecular formula is C11H15ClN2. The maximum atomic E-state index is 5.66. The number of allylic oxidation sites excluding steroid dienone is 2. The minimum absolute atomic E-state index is 0.371. The Bertz CT molecular complexity index is 364. The number of halogens is 1. The lowest BCUT2D eigenvalue weighted by Crippen LogP contribution is -2.23. The lowest BCUT2D eigenvalue weighted by Gasteiger charge is -1.73. The second-order valence-corrected chi connectivity index (χ2v) is 2.49. The molecule has 0 aromatic carbocycles. The normalized spacial score (nSPS) is 11.9. The maximum absolute atomic E-state index is 5.66. The summed E-state index contributed by atoms with van der Waals surface area (Å²) in [6.07, 6.45) is 6.91. The van der Waals surface area contributed by atoms with Crippen molar-refractivity contribution >= 4 is 23.8 Å². The van der Waals surface area contributed by atoms with E-state index in [0.29, 0.717) is 5.28 Å². The third-order valence-corrected chi connectivity index (χ3v) is 1.47. The van der Waals surface area contributed by atoms with Gasteiger partial charge in [0.2, 0.25) is 5.28 Å². The molecule has 2 nitrogen and oxygen atoms in total. The smallest absolute Gasteiger partial charge is 0.201 e. The SMILES string of the molecule is C=C/C=c1/nc(Cl)[nH]/c1=C/C=C.CC. The average Bonchev–Trinajstić information content (AvgIpc) is 2.51. The van der Waals surface area contributed by atoms with Crippen LogP contribution in [0.1, 0.15) is 13.8 Å². The second-order valence-electron chi connectivity index (χ2n) is 2.13. The first-order valence-corrected chi connectivity index (χ1v) is 4.82. The van der Waals surface area contributed by atoms with Crippen LogP contribution in [0.25, 0.3) is 12.2 Å². The van der Waals surface area contributed by atoms with E-state index in [9.17, 15) is 0 Å². The maximum Gasteiger partial charge on any atom is 0.201 e. The summed E-state index contributed by atoms with van der Waals surface area (Å²) in [5.74, 6) is 0. The molecule has 0 atom stereocenters. The molecule has 0 fully saturated rings. The van der Waals surface area contributed by atoms with E-state index in [1.165, 1.54) is 0 Å². The molecule has 0 aliphatic heterocycles. The number of aromatic amines is 1. The van der Waals surface area contributed by atoms with Gasteiger partial charge in [-0.2, -0.15) is 0 Å². The number of nitrogens with zero attached hydrogens (tertiary/aromatic N) is 1. The van der Waals surface area contributed by atoms with Crippen LogP contribution in [0, 0.1) is 0 Å². The molecule has 0 saturated carbocycles. The van der Waals surface area contributed by atoms with Crippen molar-refractivity contribution < 1.29 is 0 Å². The largest absolute Gasteiger partial charge is 0.329 e. The predicted molar refractivity (Wildman–Crippen MR) is 63.5 cm³/mol. The molecule has 76 valence electrons. The van der Waals surface area contributed by atoms with Crippen LogP contribution in [0.15, 0.2) is 25.3 Å². The van der Waals surface area contributed by atoms with Crippen molar-refractivity contribution in [1.29, 1.82) is 0 Å². The average molecular weight is 211 g/mol. The van der Waals surface area contributed by atoms with E-state index in [2.05, 4.69) is 23.1 Å². The Morgan fingerprint density at radius 2 is 1.79 bits per heavy atom. The predicted octanol–water partition coefficient (Wildman–Crippen LogP) is 2.02. The zero-order chi connectivity index (χ0) is 11.0. The highest BCUT2D eigenvalue weighted by Crippen LogP contribution is 1.88. The van der Waals surface area contributed by atoms with Gasteiger partial charge in [0.25, 0.3) is 0 Å². The van der Waals surface area contributed by atoms with Crippen molar-refractivity contribution in [1.82, 2.24) is 9.97 Å². The Morgan fingerprint density at radius 1 is 1.21 bits per heavy atom. The lowest BCUT2D eigenvalue weighted by atomic mass is 10.4. The van der Waals surface area contributed by atoms with E-state index in [1.54, 1.807) is 24.3 Å². The Labute approximate surface area is 89.3 Å². The molecular weight excluding hydrogens is 196 g/mol. The number of aromatic nitrogens is 2. The van der Waals surface area contributed by atoms with Gasteiger partial charge in [-0.25, -0.2) is 4.98 Å². The molecule has 0 unspecified atom stereocenters. The van der Waals surface area contributed by atoms with Gasteiger partial charge < -0.3 is 4.98 Å². The van der Waals surface area contributed by atoms with Crippen molar-refractivity contribution in [3.8, 4) is 0 Å². The van der Waals surface area contributed by atoms with E-state index in [1.807, 2.05) is 13.8 Å². The number of nitrogens with one attached hydrogen (secondary N) is 1. The summed E-state index contributed by atoms with van der Waals surface area (Å²) in [5.41, 5.74) is 0. The lowest BCUT2D eigenvalue weighted by molar-refractivity contribution is 1.29. The van der Waals surface area contributed by atoms with Gasteiger partial charge in [-0.05, 0) is 23.8 Å². The summed E-state index contributed by atoms with van der Waals surface area (Å²) in [5, 5.41) is 1.99. The van der Waals surface area contributed by atoms with Crippen LogP contribution >= 0.6 is 11.6 Å². The first-order valence-electron chi connectivity index (χ1n) is 4.45. The molecule has 0 amide bonds. The Balaban J connectivity index is 0.000000791. The highest BCUT2D eigenvalue weighted by atomic mass is 35.5. The van der Waals surface area contributed by atoms with Crippen molar-refractivity contribution in [2.24, 2.45) is 0 Å². The van der Waals surface area contributed by atoms with Gasteiger partial charge in [0.1, 0.15) is 0 Å². The Kier molecular flexibility index (Phi) is 6.50. The summed E-state index contributed by atoms with van der Waals surface area (Å²) in [6, 6.07) is 0. The number of rotatable bonds is 2. The zero-order valence-corrected chi connectivity index (χ0v) is 9.30. The van der Waals surface area contributed by atoms with E-state index < -0.39 is 0 Å². The van der Waals surface area contributed by atoms with Crippen molar-refractivity contribution in [2.75, 3.05) is 0 Å². The molecule has 0 aliphatic rings. The number of hydrogen-bond acceptors (Lipinski definition) is 1. The third-order valence-electron chi connectivity index (χ3n) is 1.29. The van der Waals surface area contributed by atoms with Gasteiger partial charge in [0, 0.05) is 0 Å². The van der Waals surface area contributed by atoms with Crippen molar-refractivity contribution in [3.05, 3.63) is 41.3 Å². The number of imidazole rings is 1. The van der Waals surface area contributed by atoms with Gasteiger partial charge >= 0.3 is 0 Å². The molecule has 0 radical (unpaired) electrons. The fraction of sp³-hybridized carbons (Fsp3) is 0.182. The fourth-order valence-electron chi connectivity index (χ4n) is 0.853. The zero-order valence-electron chi connectivity index (χ0n) is 8.55. The van der Waals surface area contributed by atoms with E-state index in [-0.39, 0.29) is 0 Å². The van der Waals surface area contributed by atoms with Crippen LogP contribution in [-0.2, 0) is 0 Å². The summed E-state index contributed by atoms with van der Waals surface area (Å²) < 4.78 is 0. The molecule has 3 heteroatoms. The molecule has 1 rings (SSSR count). The van der Waals surface area contributed by atoms with E-state index in [0.717, 1.165) is 10.7 Å². The highest BCUT2D eigenvalue weighted by Gasteiger charge is 1.91. The van der Waals surface area contributed by atoms with Crippen LogP contribution in [0.2, 0.25) is 5.28 Å². The van der Waals surface area contributed by atoms with E-state index in [4.69, 9.17) is 11.6 Å². The molecule has 0 saturated heterocycles. The first-order chi connectivity index (χ1) is 6.77. The van der Waals surface area contributed by atoms with Gasteiger partial charge in [-0.3, -0.25) is 0 Å². The van der Waals surface area contributed by atoms with Crippen molar-refractivity contribution in [3.63, 3.8) is 0 Å². The topological polar surface area (TPSA) is 28.7 Å². The number of H-pyrrole nitrogens is 1. The molecule has 1 N–H and O–H groups in total. The first kappa shape index (κ1) is 12.7. The molecule has 1 aromatic heterocycles. The Morgan fingerprint density at radius 3 is 2.29 bits per heavy atom. The minimum atomic E-state index is 0.371. The van der Waals surface area contributed by atoms with Crippen LogP contribution in [0.5, 0.6) is 0 Å². The van der Waals surface area contributed by atoms with Crippen LogP contribution in [-0.4, -0.2) is 9.97 Å². The van der Waals surface area contributed by atoms with Gasteiger partial charge in [-0.1, -0.05) is 39.2 Å². The molecule has 1 aromatic rings. The number of hydrogen-bond donors (Lipinski definition) is 1. The summed E-state index contributed by atoms with van der Waals surface area (Å²) >= 11 is 5.66. The molecule has 0 bridgehead atoms.